The minimum absolute atomic E-state index is 0.259. The molecule has 0 aliphatic heterocycles. The highest BCUT2D eigenvalue weighted by atomic mass is 32.2. The lowest BCUT2D eigenvalue weighted by Crippen LogP contribution is -2.31. The van der Waals surface area contributed by atoms with Crippen LogP contribution < -0.4 is 0 Å². The molecule has 21 heavy (non-hydrogen) atoms. The summed E-state index contributed by atoms with van der Waals surface area (Å²) in [7, 11) is -3.63. The van der Waals surface area contributed by atoms with E-state index in [2.05, 4.69) is 11.3 Å². The maximum Gasteiger partial charge on any atom is 0.283 e. The van der Waals surface area contributed by atoms with E-state index in [0.29, 0.717) is 12.3 Å². The molecule has 0 unspecified atom stereocenters. The molecule has 0 N–H and O–H groups in total. The molecule has 0 aliphatic carbocycles. The number of aryl methyl sites for hydroxylation is 1. The van der Waals surface area contributed by atoms with Crippen molar-refractivity contribution in [2.24, 2.45) is 4.40 Å². The van der Waals surface area contributed by atoms with Gasteiger partial charge in [0.1, 0.15) is 5.84 Å². The Hall–Kier alpha value is -1.36. The number of amidine groups is 1. The minimum atomic E-state index is -3.63. The smallest absolute Gasteiger partial charge is 0.283 e. The van der Waals surface area contributed by atoms with Crippen molar-refractivity contribution < 1.29 is 8.42 Å². The van der Waals surface area contributed by atoms with Gasteiger partial charge in [0.25, 0.3) is 10.0 Å². The summed E-state index contributed by atoms with van der Waals surface area (Å²) in [5, 5.41) is 0. The van der Waals surface area contributed by atoms with E-state index in [1.165, 1.54) is 0 Å². The molecule has 0 amide bonds. The predicted octanol–water partition coefficient (Wildman–Crippen LogP) is 3.61. The van der Waals surface area contributed by atoms with Gasteiger partial charge < -0.3 is 4.90 Å². The van der Waals surface area contributed by atoms with Gasteiger partial charge in [0, 0.05) is 19.5 Å². The third-order valence-electron chi connectivity index (χ3n) is 3.43. The van der Waals surface area contributed by atoms with E-state index < -0.39 is 10.0 Å². The molecule has 0 aromatic heterocycles. The van der Waals surface area contributed by atoms with Gasteiger partial charge in [0.05, 0.1) is 4.90 Å². The Labute approximate surface area is 128 Å². The molecule has 0 spiro atoms. The quantitative estimate of drug-likeness (QED) is 0.571. The summed E-state index contributed by atoms with van der Waals surface area (Å²) in [5.41, 5.74) is 1.04. The Morgan fingerprint density at radius 3 is 2.14 bits per heavy atom. The van der Waals surface area contributed by atoms with Crippen molar-refractivity contribution in [2.75, 3.05) is 13.1 Å². The summed E-state index contributed by atoms with van der Waals surface area (Å²) in [4.78, 5) is 2.27. The number of hydrogen-bond donors (Lipinski definition) is 0. The summed E-state index contributed by atoms with van der Waals surface area (Å²) < 4.78 is 29.0. The molecule has 0 heterocycles. The standard InChI is InChI=1S/C16H26N2O2S/c1-5-8-9-16(18(6-2)7-3)17-21(19,20)15-12-10-14(4)11-13-15/h10-13H,5-9H2,1-4H3/b17-16-. The van der Waals surface area contributed by atoms with E-state index in [0.717, 1.165) is 31.5 Å². The molecule has 0 radical (unpaired) electrons. The first-order valence-electron chi connectivity index (χ1n) is 7.60. The summed E-state index contributed by atoms with van der Waals surface area (Å²) in [6.07, 6.45) is 2.66. The third-order valence-corrected chi connectivity index (χ3v) is 4.75. The first-order valence-corrected chi connectivity index (χ1v) is 9.04. The van der Waals surface area contributed by atoms with Crippen LogP contribution in [0.25, 0.3) is 0 Å². The van der Waals surface area contributed by atoms with Gasteiger partial charge in [0.15, 0.2) is 0 Å². The van der Waals surface area contributed by atoms with Crippen LogP contribution in [0.2, 0.25) is 0 Å². The van der Waals surface area contributed by atoms with Crippen LogP contribution in [0.3, 0.4) is 0 Å². The van der Waals surface area contributed by atoms with Crippen LogP contribution in [0.5, 0.6) is 0 Å². The molecule has 118 valence electrons. The normalized spacial score (nSPS) is 12.5. The molecule has 1 aromatic carbocycles. The zero-order valence-corrected chi connectivity index (χ0v) is 14.3. The second-order valence-electron chi connectivity index (χ2n) is 5.07. The largest absolute Gasteiger partial charge is 0.360 e. The average molecular weight is 310 g/mol. The van der Waals surface area contributed by atoms with E-state index in [-0.39, 0.29) is 4.90 Å². The predicted molar refractivity (Wildman–Crippen MR) is 88.2 cm³/mol. The van der Waals surface area contributed by atoms with Gasteiger partial charge in [-0.2, -0.15) is 8.42 Å². The molecule has 0 bridgehead atoms. The van der Waals surface area contributed by atoms with Crippen molar-refractivity contribution >= 4 is 15.9 Å². The number of nitrogens with zero attached hydrogens (tertiary/aromatic N) is 2. The summed E-state index contributed by atoms with van der Waals surface area (Å²) in [6, 6.07) is 6.83. The maximum atomic E-state index is 12.4. The van der Waals surface area contributed by atoms with Crippen LogP contribution in [-0.4, -0.2) is 32.2 Å². The fourth-order valence-electron chi connectivity index (χ4n) is 2.09. The van der Waals surface area contributed by atoms with Crippen molar-refractivity contribution in [3.8, 4) is 0 Å². The Balaban J connectivity index is 3.14. The number of rotatable bonds is 7. The van der Waals surface area contributed by atoms with Crippen LogP contribution in [0.4, 0.5) is 0 Å². The first-order chi connectivity index (χ1) is 9.94. The van der Waals surface area contributed by atoms with E-state index >= 15 is 0 Å². The molecule has 0 saturated carbocycles. The molecule has 0 saturated heterocycles. The maximum absolute atomic E-state index is 12.4. The number of sulfonamides is 1. The number of unbranched alkanes of at least 4 members (excludes halogenated alkanes) is 1. The highest BCUT2D eigenvalue weighted by Crippen LogP contribution is 2.15. The number of hydrogen-bond acceptors (Lipinski definition) is 2. The fraction of sp³-hybridized carbons (Fsp3) is 0.562. The van der Waals surface area contributed by atoms with Gasteiger partial charge >= 0.3 is 0 Å². The molecule has 0 fully saturated rings. The van der Waals surface area contributed by atoms with Crippen LogP contribution in [-0.2, 0) is 10.0 Å². The zero-order valence-electron chi connectivity index (χ0n) is 13.5. The van der Waals surface area contributed by atoms with Crippen molar-refractivity contribution in [1.82, 2.24) is 4.90 Å². The van der Waals surface area contributed by atoms with Crippen LogP contribution in [0.1, 0.15) is 45.6 Å². The Morgan fingerprint density at radius 1 is 1.10 bits per heavy atom. The van der Waals surface area contributed by atoms with Crippen molar-refractivity contribution in [3.05, 3.63) is 29.8 Å². The molecular weight excluding hydrogens is 284 g/mol. The fourth-order valence-corrected chi connectivity index (χ4v) is 3.16. The van der Waals surface area contributed by atoms with Crippen molar-refractivity contribution in [2.45, 2.75) is 51.9 Å². The zero-order chi connectivity index (χ0) is 15.9. The van der Waals surface area contributed by atoms with Gasteiger partial charge in [-0.3, -0.25) is 0 Å². The van der Waals surface area contributed by atoms with Crippen LogP contribution >= 0.6 is 0 Å². The molecule has 1 rings (SSSR count). The Kier molecular flexibility index (Phi) is 6.89. The minimum Gasteiger partial charge on any atom is -0.360 e. The second kappa shape index (κ2) is 8.17. The lowest BCUT2D eigenvalue weighted by molar-refractivity contribution is 0.453. The molecule has 0 atom stereocenters. The second-order valence-corrected chi connectivity index (χ2v) is 6.68. The molecule has 0 aliphatic rings. The Bertz CT molecular complexity index is 558. The van der Waals surface area contributed by atoms with Crippen LogP contribution in [0.15, 0.2) is 33.6 Å². The Morgan fingerprint density at radius 2 is 1.67 bits per heavy atom. The summed E-state index contributed by atoms with van der Waals surface area (Å²) in [5.74, 6) is 0.669. The summed E-state index contributed by atoms with van der Waals surface area (Å²) >= 11 is 0. The van der Waals surface area contributed by atoms with Gasteiger partial charge in [-0.05, 0) is 39.3 Å². The average Bonchev–Trinajstić information content (AvgIpc) is 2.46. The van der Waals surface area contributed by atoms with E-state index in [4.69, 9.17) is 0 Å². The van der Waals surface area contributed by atoms with Gasteiger partial charge in [-0.15, -0.1) is 4.40 Å². The van der Waals surface area contributed by atoms with Crippen molar-refractivity contribution in [1.29, 1.82) is 0 Å². The first kappa shape index (κ1) is 17.7. The molecule has 5 heteroatoms. The lowest BCUT2D eigenvalue weighted by atomic mass is 10.2. The van der Waals surface area contributed by atoms with Gasteiger partial charge in [-0.1, -0.05) is 31.0 Å². The van der Waals surface area contributed by atoms with E-state index in [1.54, 1.807) is 24.3 Å². The van der Waals surface area contributed by atoms with E-state index in [1.807, 2.05) is 25.7 Å². The SMILES string of the molecule is CCCC/C(=N/S(=O)(=O)c1ccc(C)cc1)N(CC)CC. The highest BCUT2D eigenvalue weighted by Gasteiger charge is 2.16. The lowest BCUT2D eigenvalue weighted by Gasteiger charge is -2.22. The van der Waals surface area contributed by atoms with E-state index in [9.17, 15) is 8.42 Å². The van der Waals surface area contributed by atoms with Crippen molar-refractivity contribution in [3.63, 3.8) is 0 Å². The molecular formula is C16H26N2O2S. The van der Waals surface area contributed by atoms with Gasteiger partial charge in [-0.25, -0.2) is 0 Å². The van der Waals surface area contributed by atoms with Gasteiger partial charge in [0.2, 0.25) is 0 Å². The summed E-state index contributed by atoms with van der Waals surface area (Å²) in [6.45, 7) is 9.59. The molecule has 4 nitrogen and oxygen atoms in total. The third kappa shape index (κ3) is 5.16. The van der Waals surface area contributed by atoms with Crippen LogP contribution in [0, 0.1) is 6.92 Å². The monoisotopic (exact) mass is 310 g/mol. The molecule has 1 aromatic rings. The highest BCUT2D eigenvalue weighted by molar-refractivity contribution is 7.90. The topological polar surface area (TPSA) is 49.7 Å². The number of benzene rings is 1.